The zero-order chi connectivity index (χ0) is 18.3. The Kier molecular flexibility index (Phi) is 3.93. The molecule has 26 heavy (non-hydrogen) atoms. The van der Waals surface area contributed by atoms with Crippen LogP contribution in [0.5, 0.6) is 0 Å². The number of aliphatic hydroxyl groups is 1. The molecule has 3 heterocycles. The number of barbiturate groups is 1. The molecular formula is C18H18N4O4. The van der Waals surface area contributed by atoms with E-state index in [4.69, 9.17) is 0 Å². The van der Waals surface area contributed by atoms with Gasteiger partial charge >= 0.3 is 6.03 Å². The maximum Gasteiger partial charge on any atom is 0.328 e. The number of piperidine rings is 1. The van der Waals surface area contributed by atoms with Gasteiger partial charge in [-0.15, -0.1) is 0 Å². The zero-order valence-corrected chi connectivity index (χ0v) is 13.9. The van der Waals surface area contributed by atoms with E-state index >= 15 is 0 Å². The monoisotopic (exact) mass is 354 g/mol. The summed E-state index contributed by atoms with van der Waals surface area (Å²) in [5.74, 6) is -1.43. The number of carbonyl (C=O) groups excluding carboxylic acids is 3. The molecule has 2 aliphatic heterocycles. The van der Waals surface area contributed by atoms with Crippen molar-refractivity contribution in [3.05, 3.63) is 42.1 Å². The molecule has 0 bridgehead atoms. The van der Waals surface area contributed by atoms with Crippen LogP contribution in [0.15, 0.2) is 36.4 Å². The van der Waals surface area contributed by atoms with Crippen molar-refractivity contribution in [2.45, 2.75) is 24.5 Å². The average Bonchev–Trinajstić information content (AvgIpc) is 2.62. The summed E-state index contributed by atoms with van der Waals surface area (Å²) < 4.78 is 0. The van der Waals surface area contributed by atoms with Crippen LogP contribution in [0.2, 0.25) is 0 Å². The number of hydrogen-bond donors (Lipinski definition) is 3. The fraction of sp³-hybridized carbons (Fsp3) is 0.333. The lowest BCUT2D eigenvalue weighted by molar-refractivity contribution is -0.151. The van der Waals surface area contributed by atoms with E-state index in [-0.39, 0.29) is 5.69 Å². The minimum atomic E-state index is -1.74. The fourth-order valence-electron chi connectivity index (χ4n) is 3.67. The number of pyridine rings is 1. The summed E-state index contributed by atoms with van der Waals surface area (Å²) in [7, 11) is 0. The Bertz CT molecular complexity index is 885. The number of amides is 4. The van der Waals surface area contributed by atoms with E-state index in [2.05, 4.69) is 15.6 Å². The number of nitrogens with one attached hydrogen (secondary N) is 2. The van der Waals surface area contributed by atoms with Crippen molar-refractivity contribution in [2.75, 3.05) is 13.1 Å². The van der Waals surface area contributed by atoms with Crippen LogP contribution in [0.4, 0.5) is 4.79 Å². The molecule has 0 spiro atoms. The predicted octanol–water partition coefficient (Wildman–Crippen LogP) is 0.253. The first kappa shape index (κ1) is 16.6. The molecule has 1 aromatic heterocycles. The molecule has 0 aliphatic carbocycles. The molecule has 2 aliphatic rings. The summed E-state index contributed by atoms with van der Waals surface area (Å²) in [6, 6.07) is 10.0. The second-order valence-corrected chi connectivity index (χ2v) is 6.56. The van der Waals surface area contributed by atoms with E-state index in [9.17, 15) is 19.5 Å². The van der Waals surface area contributed by atoms with Gasteiger partial charge in [-0.2, -0.15) is 0 Å². The Morgan fingerprint density at radius 2 is 1.65 bits per heavy atom. The molecule has 1 aromatic carbocycles. The van der Waals surface area contributed by atoms with Crippen molar-refractivity contribution in [3.8, 4) is 0 Å². The van der Waals surface area contributed by atoms with E-state index in [1.807, 2.05) is 18.2 Å². The largest absolute Gasteiger partial charge is 0.393 e. The molecule has 3 N–H and O–H groups in total. The third kappa shape index (κ3) is 2.46. The van der Waals surface area contributed by atoms with Gasteiger partial charge in [-0.3, -0.25) is 25.1 Å². The van der Waals surface area contributed by atoms with Crippen LogP contribution in [-0.2, 0) is 15.1 Å². The van der Waals surface area contributed by atoms with Gasteiger partial charge in [0.15, 0.2) is 0 Å². The average molecular weight is 354 g/mol. The Hall–Kier alpha value is -2.84. The van der Waals surface area contributed by atoms with Gasteiger partial charge in [0, 0.05) is 18.5 Å². The molecule has 0 saturated carbocycles. The molecule has 4 rings (SSSR count). The quantitative estimate of drug-likeness (QED) is 0.667. The molecule has 0 radical (unpaired) electrons. The van der Waals surface area contributed by atoms with Crippen molar-refractivity contribution in [1.29, 1.82) is 0 Å². The number of likely N-dealkylation sites (tertiary alicyclic amines) is 1. The number of rotatable bonds is 2. The smallest absolute Gasteiger partial charge is 0.328 e. The van der Waals surface area contributed by atoms with Crippen LogP contribution in [0.25, 0.3) is 10.9 Å². The Morgan fingerprint density at radius 1 is 1.00 bits per heavy atom. The van der Waals surface area contributed by atoms with Gasteiger partial charge in [-0.1, -0.05) is 24.3 Å². The van der Waals surface area contributed by atoms with Gasteiger partial charge in [-0.25, -0.2) is 9.78 Å². The molecule has 4 amide bonds. The van der Waals surface area contributed by atoms with Crippen LogP contribution in [-0.4, -0.2) is 52.0 Å². The summed E-state index contributed by atoms with van der Waals surface area (Å²) in [6.07, 6.45) is 0.400. The van der Waals surface area contributed by atoms with Gasteiger partial charge in [0.05, 0.1) is 17.3 Å². The molecule has 8 heteroatoms. The van der Waals surface area contributed by atoms with Crippen LogP contribution >= 0.6 is 0 Å². The highest BCUT2D eigenvalue weighted by molar-refractivity contribution is 6.22. The second-order valence-electron chi connectivity index (χ2n) is 6.56. The maximum absolute atomic E-state index is 12.9. The summed E-state index contributed by atoms with van der Waals surface area (Å²) in [5, 5.41) is 15.1. The summed E-state index contributed by atoms with van der Waals surface area (Å²) in [6.45, 7) is 0.676. The van der Waals surface area contributed by atoms with E-state index in [0.717, 1.165) is 5.39 Å². The first-order chi connectivity index (χ1) is 12.5. The van der Waals surface area contributed by atoms with E-state index < -0.39 is 29.5 Å². The third-order valence-corrected chi connectivity index (χ3v) is 5.02. The molecular weight excluding hydrogens is 336 g/mol. The number of aromatic nitrogens is 1. The SMILES string of the molecule is O=C1NC(=O)C(c2ccc3ccccc3n2)(N2CCC(O)CC2)C(=O)N1. The number of benzene rings is 1. The lowest BCUT2D eigenvalue weighted by atomic mass is 9.86. The number of urea groups is 1. The normalized spacial score (nSPS) is 21.5. The number of aliphatic hydroxyl groups excluding tert-OH is 1. The number of hydrogen-bond acceptors (Lipinski definition) is 6. The van der Waals surface area contributed by atoms with Crippen molar-refractivity contribution < 1.29 is 19.5 Å². The molecule has 2 fully saturated rings. The van der Waals surface area contributed by atoms with E-state index in [1.165, 1.54) is 0 Å². The van der Waals surface area contributed by atoms with E-state index in [0.29, 0.717) is 31.4 Å². The van der Waals surface area contributed by atoms with Crippen LogP contribution in [0.1, 0.15) is 18.5 Å². The Balaban J connectivity index is 1.88. The second kappa shape index (κ2) is 6.15. The molecule has 2 saturated heterocycles. The highest BCUT2D eigenvalue weighted by Crippen LogP contribution is 2.33. The molecule has 0 atom stereocenters. The minimum absolute atomic E-state index is 0.259. The van der Waals surface area contributed by atoms with Gasteiger partial charge in [0.25, 0.3) is 11.8 Å². The van der Waals surface area contributed by atoms with Crippen LogP contribution < -0.4 is 10.6 Å². The lowest BCUT2D eigenvalue weighted by Gasteiger charge is -2.44. The van der Waals surface area contributed by atoms with Crippen LogP contribution in [0.3, 0.4) is 0 Å². The first-order valence-electron chi connectivity index (χ1n) is 8.48. The van der Waals surface area contributed by atoms with Crippen molar-refractivity contribution in [3.63, 3.8) is 0 Å². The fourth-order valence-corrected chi connectivity index (χ4v) is 3.67. The van der Waals surface area contributed by atoms with Crippen molar-refractivity contribution in [1.82, 2.24) is 20.5 Å². The van der Waals surface area contributed by atoms with Crippen molar-refractivity contribution >= 4 is 28.7 Å². The number of nitrogens with zero attached hydrogens (tertiary/aromatic N) is 2. The molecule has 8 nitrogen and oxygen atoms in total. The van der Waals surface area contributed by atoms with Gasteiger partial charge in [-0.05, 0) is 25.0 Å². The minimum Gasteiger partial charge on any atom is -0.393 e. The topological polar surface area (TPSA) is 112 Å². The molecule has 134 valence electrons. The number of imide groups is 2. The van der Waals surface area contributed by atoms with Gasteiger partial charge < -0.3 is 5.11 Å². The third-order valence-electron chi connectivity index (χ3n) is 5.02. The summed E-state index contributed by atoms with van der Waals surface area (Å²) in [4.78, 5) is 43.7. The Labute approximate surface area is 149 Å². The summed E-state index contributed by atoms with van der Waals surface area (Å²) in [5.41, 5.74) is -0.827. The highest BCUT2D eigenvalue weighted by atomic mass is 16.3. The number of para-hydroxylation sites is 1. The number of fused-ring (bicyclic) bond motifs is 1. The van der Waals surface area contributed by atoms with E-state index in [1.54, 1.807) is 23.1 Å². The number of carbonyl (C=O) groups is 3. The van der Waals surface area contributed by atoms with Gasteiger partial charge in [0.2, 0.25) is 5.54 Å². The lowest BCUT2D eigenvalue weighted by Crippen LogP contribution is -2.72. The predicted molar refractivity (Wildman–Crippen MR) is 91.9 cm³/mol. The standard InChI is InChI=1S/C18H18N4O4/c23-12-7-9-22(10-8-12)18(15(24)20-17(26)21-16(18)25)14-6-5-11-3-1-2-4-13(11)19-14/h1-6,12,23H,7-10H2,(H2,20,21,24,25,26). The van der Waals surface area contributed by atoms with Crippen LogP contribution in [0, 0.1) is 0 Å². The first-order valence-corrected chi connectivity index (χ1v) is 8.48. The zero-order valence-electron chi connectivity index (χ0n) is 13.9. The highest BCUT2D eigenvalue weighted by Gasteiger charge is 2.57. The van der Waals surface area contributed by atoms with Gasteiger partial charge in [0.1, 0.15) is 0 Å². The molecule has 0 unspecified atom stereocenters. The Morgan fingerprint density at radius 3 is 2.35 bits per heavy atom. The summed E-state index contributed by atoms with van der Waals surface area (Å²) >= 11 is 0. The molecule has 2 aromatic rings. The maximum atomic E-state index is 12.9. The van der Waals surface area contributed by atoms with Crippen molar-refractivity contribution in [2.24, 2.45) is 0 Å².